The van der Waals surface area contributed by atoms with Crippen molar-refractivity contribution in [2.24, 2.45) is 0 Å². The fraction of sp³-hybridized carbons (Fsp3) is 1.00. The Morgan fingerprint density at radius 3 is 2.17 bits per heavy atom. The summed E-state index contributed by atoms with van der Waals surface area (Å²) in [6, 6.07) is 0. The van der Waals surface area contributed by atoms with E-state index in [1.165, 1.54) is 0 Å². The van der Waals surface area contributed by atoms with Crippen LogP contribution < -0.4 is 0 Å². The van der Waals surface area contributed by atoms with Crippen molar-refractivity contribution in [1.82, 2.24) is 0 Å². The molecule has 0 unspecified atom stereocenters. The van der Waals surface area contributed by atoms with Gasteiger partial charge in [0.15, 0.2) is 0 Å². The minimum Gasteiger partial charge on any atom is -0.278 e. The van der Waals surface area contributed by atoms with Crippen LogP contribution in [-0.4, -0.2) is 26.2 Å². The highest BCUT2D eigenvalue weighted by Gasteiger charge is 2.20. The first-order valence-electron chi connectivity index (χ1n) is 2.46. The van der Waals surface area contributed by atoms with Crippen LogP contribution in [0.15, 0.2) is 0 Å². The SMILES string of the molecule is O=P(F)(F)OCCOS(=O)(=O)O. The summed E-state index contributed by atoms with van der Waals surface area (Å²) in [7, 11) is -10.3. The first-order valence-corrected chi connectivity index (χ1v) is 5.23. The van der Waals surface area contributed by atoms with Crippen LogP contribution in [0, 0.1) is 0 Å². The summed E-state index contributed by atoms with van der Waals surface area (Å²) in [6.45, 7) is -1.71. The van der Waals surface area contributed by atoms with E-state index in [2.05, 4.69) is 8.71 Å². The molecule has 0 atom stereocenters. The van der Waals surface area contributed by atoms with E-state index in [-0.39, 0.29) is 0 Å². The zero-order valence-electron chi connectivity index (χ0n) is 5.51. The molecule has 0 amide bonds. The first kappa shape index (κ1) is 11.9. The highest BCUT2D eigenvalue weighted by atomic mass is 32.3. The van der Waals surface area contributed by atoms with Crippen molar-refractivity contribution in [3.05, 3.63) is 0 Å². The van der Waals surface area contributed by atoms with Gasteiger partial charge in [-0.1, -0.05) is 0 Å². The Kier molecular flexibility index (Phi) is 4.21. The van der Waals surface area contributed by atoms with E-state index in [9.17, 15) is 21.4 Å². The molecule has 0 aliphatic heterocycles. The highest BCUT2D eigenvalue weighted by molar-refractivity contribution is 7.80. The Labute approximate surface area is 67.1 Å². The third kappa shape index (κ3) is 9.92. The van der Waals surface area contributed by atoms with E-state index < -0.39 is 31.6 Å². The molecule has 0 saturated heterocycles. The molecule has 74 valence electrons. The molecular weight excluding hydrogens is 221 g/mol. The number of hydrogen-bond acceptors (Lipinski definition) is 5. The van der Waals surface area contributed by atoms with Gasteiger partial charge in [0.05, 0.1) is 13.2 Å². The molecule has 0 bridgehead atoms. The van der Waals surface area contributed by atoms with Crippen LogP contribution in [0.4, 0.5) is 8.39 Å². The van der Waals surface area contributed by atoms with Crippen molar-refractivity contribution in [3.8, 4) is 0 Å². The van der Waals surface area contributed by atoms with E-state index in [0.29, 0.717) is 0 Å². The molecule has 0 aromatic heterocycles. The van der Waals surface area contributed by atoms with E-state index in [4.69, 9.17) is 4.55 Å². The van der Waals surface area contributed by atoms with E-state index in [1.807, 2.05) is 0 Å². The van der Waals surface area contributed by atoms with E-state index >= 15 is 0 Å². The molecule has 0 aliphatic rings. The van der Waals surface area contributed by atoms with E-state index in [1.54, 1.807) is 0 Å². The second-order valence-electron chi connectivity index (χ2n) is 1.50. The van der Waals surface area contributed by atoms with Crippen molar-refractivity contribution in [2.75, 3.05) is 13.2 Å². The van der Waals surface area contributed by atoms with Crippen LogP contribution >= 0.6 is 7.99 Å². The largest absolute Gasteiger partial charge is 0.552 e. The number of rotatable bonds is 5. The van der Waals surface area contributed by atoms with Gasteiger partial charge in [0.2, 0.25) is 0 Å². The molecule has 6 nitrogen and oxygen atoms in total. The molecular formula is C2H5F2O6PS. The predicted octanol–water partition coefficient (Wildman–Crippen LogP) is 0.869. The zero-order chi connectivity index (χ0) is 9.83. The van der Waals surface area contributed by atoms with Gasteiger partial charge in [0, 0.05) is 0 Å². The van der Waals surface area contributed by atoms with Crippen LogP contribution in [0.25, 0.3) is 0 Å². The monoisotopic (exact) mass is 226 g/mol. The molecule has 1 N–H and O–H groups in total. The molecule has 0 aliphatic carbocycles. The van der Waals surface area contributed by atoms with E-state index in [0.717, 1.165) is 0 Å². The topological polar surface area (TPSA) is 89.9 Å². The van der Waals surface area contributed by atoms with Gasteiger partial charge in [0.25, 0.3) is 0 Å². The van der Waals surface area contributed by atoms with Crippen LogP contribution in [0.2, 0.25) is 0 Å². The Morgan fingerprint density at radius 2 is 1.83 bits per heavy atom. The van der Waals surface area contributed by atoms with Gasteiger partial charge in [-0.15, -0.1) is 8.39 Å². The summed E-state index contributed by atoms with van der Waals surface area (Å²) in [5.74, 6) is 0. The Balaban J connectivity index is 3.55. The summed E-state index contributed by atoms with van der Waals surface area (Å²) >= 11 is 0. The maximum absolute atomic E-state index is 11.4. The van der Waals surface area contributed by atoms with Crippen LogP contribution in [0.1, 0.15) is 0 Å². The predicted molar refractivity (Wildman–Crippen MR) is 33.3 cm³/mol. The van der Waals surface area contributed by atoms with Gasteiger partial charge in [-0.2, -0.15) is 8.42 Å². The lowest BCUT2D eigenvalue weighted by molar-refractivity contribution is 0.182. The molecule has 12 heavy (non-hydrogen) atoms. The lowest BCUT2D eigenvalue weighted by atomic mass is 10.8. The molecule has 0 saturated carbocycles. The summed E-state index contributed by atoms with van der Waals surface area (Å²) in [4.78, 5) is 0. The fourth-order valence-electron chi connectivity index (χ4n) is 0.283. The maximum atomic E-state index is 11.4. The molecule has 0 aromatic carbocycles. The third-order valence-corrected chi connectivity index (χ3v) is 1.50. The third-order valence-electron chi connectivity index (χ3n) is 0.557. The van der Waals surface area contributed by atoms with Crippen LogP contribution in [0.5, 0.6) is 0 Å². The van der Waals surface area contributed by atoms with Crippen molar-refractivity contribution >= 4 is 18.4 Å². The van der Waals surface area contributed by atoms with Gasteiger partial charge in [-0.05, 0) is 0 Å². The summed E-state index contributed by atoms with van der Waals surface area (Å²) in [6.07, 6.45) is 0. The first-order chi connectivity index (χ1) is 5.21. The van der Waals surface area contributed by atoms with Gasteiger partial charge in [0.1, 0.15) is 0 Å². The molecule has 0 aromatic rings. The van der Waals surface area contributed by atoms with Gasteiger partial charge in [-0.25, -0.2) is 8.75 Å². The molecule has 0 spiro atoms. The molecule has 0 heterocycles. The van der Waals surface area contributed by atoms with Crippen molar-refractivity contribution in [2.45, 2.75) is 0 Å². The number of hydrogen-bond donors (Lipinski definition) is 1. The van der Waals surface area contributed by atoms with Gasteiger partial charge < -0.3 is 0 Å². The minimum absolute atomic E-state index is 0.823. The van der Waals surface area contributed by atoms with Gasteiger partial charge in [-0.3, -0.25) is 9.08 Å². The molecule has 0 rings (SSSR count). The lowest BCUT2D eigenvalue weighted by Crippen LogP contribution is -2.08. The Morgan fingerprint density at radius 1 is 1.33 bits per heavy atom. The summed E-state index contributed by atoms with van der Waals surface area (Å²) < 4.78 is 66.7. The lowest BCUT2D eigenvalue weighted by Gasteiger charge is -2.00. The van der Waals surface area contributed by atoms with Gasteiger partial charge >= 0.3 is 18.4 Å². The standard InChI is InChI=1S/C2H5F2O6PS/c3-11(4,5)9-1-2-10-12(6,7)8/h1-2H2,(H,6,7,8). The quantitative estimate of drug-likeness (QED) is 0.425. The average Bonchev–Trinajstić information content (AvgIpc) is 1.76. The van der Waals surface area contributed by atoms with Crippen molar-refractivity contribution in [1.29, 1.82) is 0 Å². The second kappa shape index (κ2) is 4.24. The minimum atomic E-state index is -5.60. The van der Waals surface area contributed by atoms with Crippen molar-refractivity contribution in [3.63, 3.8) is 0 Å². The fourth-order valence-corrected chi connectivity index (χ4v) is 0.849. The Bertz CT molecular complexity index is 267. The molecule has 0 radical (unpaired) electrons. The second-order valence-corrected chi connectivity index (χ2v) is 3.68. The van der Waals surface area contributed by atoms with Crippen LogP contribution in [-0.2, 0) is 23.7 Å². The smallest absolute Gasteiger partial charge is 0.278 e. The molecule has 0 fully saturated rings. The van der Waals surface area contributed by atoms with Crippen LogP contribution in [0.3, 0.4) is 0 Å². The normalized spacial score (nSPS) is 13.2. The summed E-state index contributed by atoms with van der Waals surface area (Å²) in [5, 5.41) is 0. The Hall–Kier alpha value is -0.0800. The zero-order valence-corrected chi connectivity index (χ0v) is 7.22. The summed E-state index contributed by atoms with van der Waals surface area (Å²) in [5.41, 5.74) is 0. The highest BCUT2D eigenvalue weighted by Crippen LogP contribution is 2.49. The molecule has 10 heteroatoms. The van der Waals surface area contributed by atoms with Crippen molar-refractivity contribution < 1.29 is 34.6 Å². The average molecular weight is 226 g/mol. The maximum Gasteiger partial charge on any atom is 0.552 e. The number of halogens is 2.